The van der Waals surface area contributed by atoms with Gasteiger partial charge in [0.25, 0.3) is 0 Å². The molecule has 3 aromatic rings. The zero-order chi connectivity index (χ0) is 16.4. The summed E-state index contributed by atoms with van der Waals surface area (Å²) in [5.41, 5.74) is 5.21. The van der Waals surface area contributed by atoms with Crippen molar-refractivity contribution in [2.24, 2.45) is 0 Å². The first-order valence-corrected chi connectivity index (χ1v) is 8.50. The molecule has 0 unspecified atom stereocenters. The van der Waals surface area contributed by atoms with Gasteiger partial charge in [-0.25, -0.2) is 9.97 Å². The third kappa shape index (κ3) is 2.79. The maximum atomic E-state index is 5.64. The third-order valence-electron chi connectivity index (χ3n) is 4.39. The summed E-state index contributed by atoms with van der Waals surface area (Å²) in [5, 5.41) is 7.27. The van der Waals surface area contributed by atoms with Crippen LogP contribution in [0, 0.1) is 0 Å². The summed E-state index contributed by atoms with van der Waals surface area (Å²) in [6.45, 7) is 4.76. The molecule has 0 atom stereocenters. The lowest BCUT2D eigenvalue weighted by atomic mass is 10.1. The highest BCUT2D eigenvalue weighted by Crippen LogP contribution is 2.29. The summed E-state index contributed by atoms with van der Waals surface area (Å²) in [6.07, 6.45) is 6.74. The van der Waals surface area contributed by atoms with E-state index in [-0.39, 0.29) is 0 Å². The molecule has 3 aromatic heterocycles. The largest absolute Gasteiger partial charge is 0.478 e. The highest BCUT2D eigenvalue weighted by atomic mass is 16.5. The molecule has 0 aromatic carbocycles. The van der Waals surface area contributed by atoms with Crippen molar-refractivity contribution < 1.29 is 4.74 Å². The molecule has 4 heterocycles. The standard InChI is InChI=1S/C18H21N5O/c1-2-24-18-13(6-5-7-19-18)10-14-11-16(23-8-3-4-9-23)17-15(21-14)12-20-22-17/h5-7,11-12H,2-4,8-10H2,1H3,(H,20,22). The molecule has 0 amide bonds. The van der Waals surface area contributed by atoms with Gasteiger partial charge in [-0.05, 0) is 31.9 Å². The van der Waals surface area contributed by atoms with Gasteiger partial charge in [0.05, 0.1) is 18.5 Å². The summed E-state index contributed by atoms with van der Waals surface area (Å²) in [7, 11) is 0. The topological polar surface area (TPSA) is 66.9 Å². The van der Waals surface area contributed by atoms with E-state index in [1.807, 2.05) is 13.0 Å². The summed E-state index contributed by atoms with van der Waals surface area (Å²) in [5.74, 6) is 0.691. The Hall–Kier alpha value is -2.63. The number of fused-ring (bicyclic) bond motifs is 1. The highest BCUT2D eigenvalue weighted by Gasteiger charge is 2.18. The molecule has 6 heteroatoms. The summed E-state index contributed by atoms with van der Waals surface area (Å²) in [6, 6.07) is 6.17. The van der Waals surface area contributed by atoms with E-state index in [4.69, 9.17) is 9.72 Å². The van der Waals surface area contributed by atoms with Crippen LogP contribution in [0.1, 0.15) is 31.0 Å². The van der Waals surface area contributed by atoms with Crippen molar-refractivity contribution in [2.75, 3.05) is 24.6 Å². The van der Waals surface area contributed by atoms with E-state index >= 15 is 0 Å². The Morgan fingerprint density at radius 3 is 3.00 bits per heavy atom. The van der Waals surface area contributed by atoms with E-state index < -0.39 is 0 Å². The smallest absolute Gasteiger partial charge is 0.216 e. The fourth-order valence-corrected chi connectivity index (χ4v) is 3.29. The molecule has 1 N–H and O–H groups in total. The number of aromatic amines is 1. The average molecular weight is 323 g/mol. The van der Waals surface area contributed by atoms with E-state index in [9.17, 15) is 0 Å². The number of aromatic nitrogens is 4. The molecule has 6 nitrogen and oxygen atoms in total. The molecule has 0 spiro atoms. The molecule has 0 bridgehead atoms. The van der Waals surface area contributed by atoms with Gasteiger partial charge in [0.2, 0.25) is 5.88 Å². The first kappa shape index (κ1) is 14.9. The van der Waals surface area contributed by atoms with Crippen LogP contribution in [0.15, 0.2) is 30.6 Å². The Morgan fingerprint density at radius 1 is 1.29 bits per heavy atom. The van der Waals surface area contributed by atoms with Crippen molar-refractivity contribution >= 4 is 16.7 Å². The van der Waals surface area contributed by atoms with E-state index in [1.165, 1.54) is 18.5 Å². The second kappa shape index (κ2) is 6.47. The van der Waals surface area contributed by atoms with Gasteiger partial charge in [0.15, 0.2) is 0 Å². The van der Waals surface area contributed by atoms with Crippen LogP contribution in [0.2, 0.25) is 0 Å². The number of anilines is 1. The van der Waals surface area contributed by atoms with Crippen LogP contribution in [-0.4, -0.2) is 39.9 Å². The van der Waals surface area contributed by atoms with E-state index in [2.05, 4.69) is 32.2 Å². The van der Waals surface area contributed by atoms with E-state index in [0.717, 1.165) is 35.4 Å². The minimum Gasteiger partial charge on any atom is -0.478 e. The lowest BCUT2D eigenvalue weighted by Gasteiger charge is -2.19. The molecule has 124 valence electrons. The SMILES string of the molecule is CCOc1ncccc1Cc1cc(N2CCCC2)c2[nH]ncc2n1. The third-order valence-corrected chi connectivity index (χ3v) is 4.39. The molecule has 1 fully saturated rings. The average Bonchev–Trinajstić information content (AvgIpc) is 3.27. The number of nitrogens with zero attached hydrogens (tertiary/aromatic N) is 4. The van der Waals surface area contributed by atoms with Crippen LogP contribution in [0.25, 0.3) is 11.0 Å². The Morgan fingerprint density at radius 2 is 2.17 bits per heavy atom. The number of hydrogen-bond donors (Lipinski definition) is 1. The number of ether oxygens (including phenoxy) is 1. The van der Waals surface area contributed by atoms with E-state index in [1.54, 1.807) is 12.4 Å². The maximum Gasteiger partial charge on any atom is 0.216 e. The molecular weight excluding hydrogens is 302 g/mol. The Kier molecular flexibility index (Phi) is 4.02. The van der Waals surface area contributed by atoms with Crippen LogP contribution in [0.3, 0.4) is 0 Å². The van der Waals surface area contributed by atoms with Gasteiger partial charge in [-0.2, -0.15) is 5.10 Å². The number of nitrogens with one attached hydrogen (secondary N) is 1. The molecule has 0 radical (unpaired) electrons. The predicted octanol–water partition coefficient (Wildman–Crippen LogP) is 2.94. The monoisotopic (exact) mass is 323 g/mol. The van der Waals surface area contributed by atoms with Gasteiger partial charge in [-0.15, -0.1) is 0 Å². The van der Waals surface area contributed by atoms with Crippen LogP contribution < -0.4 is 9.64 Å². The Balaban J connectivity index is 1.72. The lowest BCUT2D eigenvalue weighted by Crippen LogP contribution is -2.18. The summed E-state index contributed by atoms with van der Waals surface area (Å²) >= 11 is 0. The lowest BCUT2D eigenvalue weighted by molar-refractivity contribution is 0.323. The van der Waals surface area contributed by atoms with Crippen LogP contribution in [-0.2, 0) is 6.42 Å². The van der Waals surface area contributed by atoms with Crippen molar-refractivity contribution in [1.29, 1.82) is 0 Å². The Labute approximate surface area is 140 Å². The second-order valence-corrected chi connectivity index (χ2v) is 6.03. The zero-order valence-corrected chi connectivity index (χ0v) is 13.8. The second-order valence-electron chi connectivity index (χ2n) is 6.03. The van der Waals surface area contributed by atoms with Gasteiger partial charge in [0.1, 0.15) is 11.0 Å². The minimum absolute atomic E-state index is 0.608. The predicted molar refractivity (Wildman–Crippen MR) is 93.5 cm³/mol. The van der Waals surface area contributed by atoms with Crippen molar-refractivity contribution in [3.8, 4) is 5.88 Å². The van der Waals surface area contributed by atoms with E-state index in [0.29, 0.717) is 18.9 Å². The summed E-state index contributed by atoms with van der Waals surface area (Å²) in [4.78, 5) is 11.5. The van der Waals surface area contributed by atoms with Gasteiger partial charge < -0.3 is 9.64 Å². The molecule has 24 heavy (non-hydrogen) atoms. The number of hydrogen-bond acceptors (Lipinski definition) is 5. The fraction of sp³-hybridized carbons (Fsp3) is 0.389. The Bertz CT molecular complexity index is 838. The maximum absolute atomic E-state index is 5.64. The normalized spacial score (nSPS) is 14.5. The molecule has 0 saturated carbocycles. The fourth-order valence-electron chi connectivity index (χ4n) is 3.29. The molecule has 4 rings (SSSR count). The van der Waals surface area contributed by atoms with Crippen molar-refractivity contribution in [3.05, 3.63) is 41.9 Å². The molecule has 1 aliphatic heterocycles. The minimum atomic E-state index is 0.608. The zero-order valence-electron chi connectivity index (χ0n) is 13.8. The van der Waals surface area contributed by atoms with Crippen molar-refractivity contribution in [1.82, 2.24) is 20.2 Å². The first-order valence-electron chi connectivity index (χ1n) is 8.50. The molecule has 1 aliphatic rings. The van der Waals surface area contributed by atoms with Gasteiger partial charge in [-0.1, -0.05) is 6.07 Å². The summed E-state index contributed by atoms with van der Waals surface area (Å²) < 4.78 is 5.64. The van der Waals surface area contributed by atoms with Gasteiger partial charge >= 0.3 is 0 Å². The molecule has 1 saturated heterocycles. The number of rotatable bonds is 5. The number of H-pyrrole nitrogens is 1. The van der Waals surface area contributed by atoms with Crippen molar-refractivity contribution in [3.63, 3.8) is 0 Å². The number of pyridine rings is 2. The first-order chi connectivity index (χ1) is 11.8. The highest BCUT2D eigenvalue weighted by molar-refractivity contribution is 5.88. The quantitative estimate of drug-likeness (QED) is 0.782. The van der Waals surface area contributed by atoms with Gasteiger partial charge in [-0.3, -0.25) is 5.10 Å². The van der Waals surface area contributed by atoms with Crippen molar-refractivity contribution in [2.45, 2.75) is 26.2 Å². The van der Waals surface area contributed by atoms with Crippen LogP contribution in [0.4, 0.5) is 5.69 Å². The molecular formula is C18H21N5O. The van der Waals surface area contributed by atoms with Gasteiger partial charge in [0, 0.05) is 37.0 Å². The van der Waals surface area contributed by atoms with Crippen LogP contribution in [0.5, 0.6) is 5.88 Å². The molecule has 0 aliphatic carbocycles. The van der Waals surface area contributed by atoms with Crippen LogP contribution >= 0.6 is 0 Å².